The lowest BCUT2D eigenvalue weighted by atomic mass is 9.93. The minimum absolute atomic E-state index is 0.379. The molecule has 1 N–H and O–H groups in total. The van der Waals surface area contributed by atoms with Gasteiger partial charge in [-0.1, -0.05) is 11.6 Å². The van der Waals surface area contributed by atoms with E-state index in [2.05, 4.69) is 35.3 Å². The first kappa shape index (κ1) is 14.3. The summed E-state index contributed by atoms with van der Waals surface area (Å²) in [6.45, 7) is 4.30. The first-order valence-electron chi connectivity index (χ1n) is 7.44. The number of hydrogen-bond donors (Lipinski definition) is 1. The van der Waals surface area contributed by atoms with Gasteiger partial charge in [-0.15, -0.1) is 0 Å². The molecule has 0 bridgehead atoms. The average molecular weight is 262 g/mol. The molecule has 106 valence electrons. The van der Waals surface area contributed by atoms with E-state index in [0.29, 0.717) is 12.1 Å². The van der Waals surface area contributed by atoms with Crippen LogP contribution < -0.4 is 5.32 Å². The summed E-state index contributed by atoms with van der Waals surface area (Å²) in [5.74, 6) is 1.09. The third-order valence-corrected chi connectivity index (χ3v) is 3.87. The monoisotopic (exact) mass is 262 g/mol. The number of rotatable bonds is 6. The molecule has 4 heteroatoms. The van der Waals surface area contributed by atoms with Gasteiger partial charge in [0.1, 0.15) is 12.2 Å². The zero-order chi connectivity index (χ0) is 13.7. The minimum atomic E-state index is 0.379. The van der Waals surface area contributed by atoms with Crippen LogP contribution in [0, 0.1) is 0 Å². The molecule has 1 unspecified atom stereocenters. The molecule has 1 atom stereocenters. The molecule has 0 radical (unpaired) electrons. The highest BCUT2D eigenvalue weighted by Crippen LogP contribution is 2.22. The molecule has 1 aromatic rings. The SMILES string of the molecule is CNC(CC1=CCCCC1)Cc1ncnn1C(C)C. The van der Waals surface area contributed by atoms with Crippen molar-refractivity contribution in [3.63, 3.8) is 0 Å². The lowest BCUT2D eigenvalue weighted by molar-refractivity contribution is 0.465. The van der Waals surface area contributed by atoms with Crippen molar-refractivity contribution in [1.29, 1.82) is 0 Å². The van der Waals surface area contributed by atoms with E-state index < -0.39 is 0 Å². The van der Waals surface area contributed by atoms with Crippen LogP contribution in [-0.4, -0.2) is 27.9 Å². The van der Waals surface area contributed by atoms with Gasteiger partial charge in [0.15, 0.2) is 0 Å². The van der Waals surface area contributed by atoms with Gasteiger partial charge in [0, 0.05) is 18.5 Å². The molecule has 1 aliphatic rings. The van der Waals surface area contributed by atoms with Crippen molar-refractivity contribution in [2.75, 3.05) is 7.05 Å². The van der Waals surface area contributed by atoms with Gasteiger partial charge in [0.2, 0.25) is 0 Å². The van der Waals surface area contributed by atoms with Crippen molar-refractivity contribution < 1.29 is 0 Å². The Morgan fingerprint density at radius 2 is 2.16 bits per heavy atom. The number of likely N-dealkylation sites (N-methyl/N-ethyl adjacent to an activating group) is 1. The van der Waals surface area contributed by atoms with Crippen LogP contribution in [-0.2, 0) is 6.42 Å². The fraction of sp³-hybridized carbons (Fsp3) is 0.733. The number of allylic oxidation sites excluding steroid dienone is 1. The topological polar surface area (TPSA) is 42.7 Å². The van der Waals surface area contributed by atoms with Crippen molar-refractivity contribution in [2.45, 2.75) is 64.5 Å². The Hall–Kier alpha value is -1.16. The van der Waals surface area contributed by atoms with E-state index in [0.717, 1.165) is 18.7 Å². The third kappa shape index (κ3) is 3.90. The molecule has 0 spiro atoms. The molecule has 0 aliphatic heterocycles. The molecule has 1 aromatic heterocycles. The van der Waals surface area contributed by atoms with Crippen LogP contribution in [0.4, 0.5) is 0 Å². The van der Waals surface area contributed by atoms with Crippen LogP contribution in [0.25, 0.3) is 0 Å². The second-order valence-corrected chi connectivity index (χ2v) is 5.72. The van der Waals surface area contributed by atoms with Gasteiger partial charge in [0.25, 0.3) is 0 Å². The van der Waals surface area contributed by atoms with Crippen LogP contribution in [0.3, 0.4) is 0 Å². The summed E-state index contributed by atoms with van der Waals surface area (Å²) < 4.78 is 2.03. The van der Waals surface area contributed by atoms with Crippen LogP contribution in [0.15, 0.2) is 18.0 Å². The Labute approximate surface area is 116 Å². The normalized spacial score (nSPS) is 17.6. The number of nitrogens with one attached hydrogen (secondary N) is 1. The molecule has 1 aliphatic carbocycles. The fourth-order valence-electron chi connectivity index (χ4n) is 2.75. The molecule has 2 rings (SSSR count). The smallest absolute Gasteiger partial charge is 0.138 e. The van der Waals surface area contributed by atoms with E-state index in [-0.39, 0.29) is 0 Å². The summed E-state index contributed by atoms with van der Waals surface area (Å²) >= 11 is 0. The van der Waals surface area contributed by atoms with Gasteiger partial charge >= 0.3 is 0 Å². The maximum Gasteiger partial charge on any atom is 0.138 e. The molecule has 0 amide bonds. The van der Waals surface area contributed by atoms with Gasteiger partial charge < -0.3 is 5.32 Å². The highest BCUT2D eigenvalue weighted by Gasteiger charge is 2.16. The molecule has 0 fully saturated rings. The summed E-state index contributed by atoms with van der Waals surface area (Å²) in [6, 6.07) is 0.843. The van der Waals surface area contributed by atoms with Crippen molar-refractivity contribution in [3.8, 4) is 0 Å². The minimum Gasteiger partial charge on any atom is -0.316 e. The Bertz CT molecular complexity index is 420. The Morgan fingerprint density at radius 1 is 1.32 bits per heavy atom. The number of aromatic nitrogens is 3. The Kier molecular flexibility index (Phi) is 5.14. The summed E-state index contributed by atoms with van der Waals surface area (Å²) in [6.07, 6.45) is 11.4. The predicted octanol–water partition coefficient (Wildman–Crippen LogP) is 2.88. The quantitative estimate of drug-likeness (QED) is 0.802. The second-order valence-electron chi connectivity index (χ2n) is 5.72. The van der Waals surface area contributed by atoms with Gasteiger partial charge in [-0.25, -0.2) is 9.67 Å². The second kappa shape index (κ2) is 6.85. The van der Waals surface area contributed by atoms with Gasteiger partial charge in [-0.3, -0.25) is 0 Å². The van der Waals surface area contributed by atoms with Crippen molar-refractivity contribution >= 4 is 0 Å². The molecular weight excluding hydrogens is 236 g/mol. The highest BCUT2D eigenvalue weighted by atomic mass is 15.3. The molecule has 0 saturated heterocycles. The van der Waals surface area contributed by atoms with Crippen LogP contribution in [0.2, 0.25) is 0 Å². The van der Waals surface area contributed by atoms with E-state index in [4.69, 9.17) is 0 Å². The predicted molar refractivity (Wildman–Crippen MR) is 78.1 cm³/mol. The van der Waals surface area contributed by atoms with Gasteiger partial charge in [-0.2, -0.15) is 5.10 Å². The fourth-order valence-corrected chi connectivity index (χ4v) is 2.75. The largest absolute Gasteiger partial charge is 0.316 e. The maximum atomic E-state index is 4.41. The molecule has 0 aromatic carbocycles. The van der Waals surface area contributed by atoms with E-state index in [1.807, 2.05) is 11.7 Å². The summed E-state index contributed by atoms with van der Waals surface area (Å²) in [5, 5.41) is 7.74. The van der Waals surface area contributed by atoms with Crippen LogP contribution in [0.5, 0.6) is 0 Å². The first-order valence-corrected chi connectivity index (χ1v) is 7.44. The molecule has 19 heavy (non-hydrogen) atoms. The number of nitrogens with zero attached hydrogens (tertiary/aromatic N) is 3. The van der Waals surface area contributed by atoms with Gasteiger partial charge in [-0.05, 0) is 53.0 Å². The molecular formula is C15H26N4. The first-order chi connectivity index (χ1) is 9.20. The Morgan fingerprint density at radius 3 is 2.79 bits per heavy atom. The standard InChI is InChI=1S/C15H26N4/c1-12(2)19-15(17-11-18-19)10-14(16-3)9-13-7-5-4-6-8-13/h7,11-12,14,16H,4-6,8-10H2,1-3H3. The maximum absolute atomic E-state index is 4.41. The molecule has 0 saturated carbocycles. The molecule has 1 heterocycles. The summed E-state index contributed by atoms with van der Waals surface area (Å²) in [4.78, 5) is 4.41. The van der Waals surface area contributed by atoms with E-state index in [9.17, 15) is 0 Å². The average Bonchev–Trinajstić information content (AvgIpc) is 2.87. The molecule has 4 nitrogen and oxygen atoms in total. The lowest BCUT2D eigenvalue weighted by Gasteiger charge is -2.20. The lowest BCUT2D eigenvalue weighted by Crippen LogP contribution is -2.30. The van der Waals surface area contributed by atoms with Gasteiger partial charge in [0.05, 0.1) is 0 Å². The van der Waals surface area contributed by atoms with Crippen molar-refractivity contribution in [3.05, 3.63) is 23.8 Å². The number of hydrogen-bond acceptors (Lipinski definition) is 3. The van der Waals surface area contributed by atoms with Crippen LogP contribution in [0.1, 0.15) is 57.8 Å². The van der Waals surface area contributed by atoms with Crippen LogP contribution >= 0.6 is 0 Å². The van der Waals surface area contributed by atoms with E-state index in [1.54, 1.807) is 11.9 Å². The zero-order valence-electron chi connectivity index (χ0n) is 12.4. The summed E-state index contributed by atoms with van der Waals surface area (Å²) in [7, 11) is 2.05. The van der Waals surface area contributed by atoms with E-state index >= 15 is 0 Å². The summed E-state index contributed by atoms with van der Waals surface area (Å²) in [5.41, 5.74) is 1.61. The Balaban J connectivity index is 1.98. The van der Waals surface area contributed by atoms with Crippen molar-refractivity contribution in [2.24, 2.45) is 0 Å². The van der Waals surface area contributed by atoms with E-state index in [1.165, 1.54) is 25.7 Å². The third-order valence-electron chi connectivity index (χ3n) is 3.87. The highest BCUT2D eigenvalue weighted by molar-refractivity contribution is 5.08. The zero-order valence-corrected chi connectivity index (χ0v) is 12.4. The van der Waals surface area contributed by atoms with Crippen molar-refractivity contribution in [1.82, 2.24) is 20.1 Å².